The summed E-state index contributed by atoms with van der Waals surface area (Å²) >= 11 is 0. The van der Waals surface area contributed by atoms with Gasteiger partial charge in [0.15, 0.2) is 5.82 Å². The number of nitrogens with one attached hydrogen (secondary N) is 1. The Labute approximate surface area is 120 Å². The van der Waals surface area contributed by atoms with Gasteiger partial charge in [-0.15, -0.1) is 0 Å². The molecule has 0 aliphatic heterocycles. The summed E-state index contributed by atoms with van der Waals surface area (Å²) in [6, 6.07) is 3.44. The average Bonchev–Trinajstić information content (AvgIpc) is 2.83. The summed E-state index contributed by atoms with van der Waals surface area (Å²) in [5.74, 6) is -0.158. The molecule has 0 aliphatic rings. The molecule has 1 aromatic carbocycles. The smallest absolute Gasteiger partial charge is 0.243 e. The number of benzene rings is 1. The number of sulfonamides is 1. The van der Waals surface area contributed by atoms with E-state index in [-0.39, 0.29) is 19.6 Å². The third-order valence-corrected chi connectivity index (χ3v) is 4.17. The molecule has 2 rings (SSSR count). The number of aryl methyl sites for hydroxylation is 1. The Morgan fingerprint density at radius 1 is 1.43 bits per heavy atom. The summed E-state index contributed by atoms with van der Waals surface area (Å²) in [7, 11) is -3.97. The van der Waals surface area contributed by atoms with Gasteiger partial charge in [0.25, 0.3) is 0 Å². The molecule has 0 saturated carbocycles. The lowest BCUT2D eigenvalue weighted by molar-refractivity contribution is 0.281. The first-order valence-electron chi connectivity index (χ1n) is 6.10. The van der Waals surface area contributed by atoms with Gasteiger partial charge in [0, 0.05) is 19.9 Å². The molecule has 0 bridgehead atoms. The molecular weight excluding hydrogens is 301 g/mol. The summed E-state index contributed by atoms with van der Waals surface area (Å²) in [6.07, 6.45) is 0.229. The standard InChI is InChI=1S/C12H14FN3O4S/c1-8-15-12(16-20-8)4-5-14-21(18,19)11-3-2-9(7-17)6-10(11)13/h2-3,6,14,17H,4-5,7H2,1H3. The van der Waals surface area contributed by atoms with E-state index < -0.39 is 20.7 Å². The fraction of sp³-hybridized carbons (Fsp3) is 0.333. The Morgan fingerprint density at radius 3 is 2.76 bits per heavy atom. The Hall–Kier alpha value is -1.84. The predicted molar refractivity (Wildman–Crippen MR) is 70.3 cm³/mol. The van der Waals surface area contributed by atoms with Crippen molar-refractivity contribution < 1.29 is 22.4 Å². The van der Waals surface area contributed by atoms with Crippen LogP contribution in [0.25, 0.3) is 0 Å². The number of nitrogens with zero attached hydrogens (tertiary/aromatic N) is 2. The number of hydrogen-bond donors (Lipinski definition) is 2. The molecule has 0 radical (unpaired) electrons. The molecule has 7 nitrogen and oxygen atoms in total. The van der Waals surface area contributed by atoms with Crippen LogP contribution in [0.1, 0.15) is 17.3 Å². The van der Waals surface area contributed by atoms with Crippen molar-refractivity contribution in [3.05, 3.63) is 41.3 Å². The van der Waals surface area contributed by atoms with E-state index in [0.717, 1.165) is 12.1 Å². The highest BCUT2D eigenvalue weighted by atomic mass is 32.2. The first kappa shape index (κ1) is 15.5. The van der Waals surface area contributed by atoms with Gasteiger partial charge >= 0.3 is 0 Å². The van der Waals surface area contributed by atoms with Gasteiger partial charge in [-0.2, -0.15) is 4.98 Å². The van der Waals surface area contributed by atoms with E-state index in [9.17, 15) is 12.8 Å². The van der Waals surface area contributed by atoms with Crippen LogP contribution in [0.5, 0.6) is 0 Å². The fourth-order valence-corrected chi connectivity index (χ4v) is 2.77. The first-order chi connectivity index (χ1) is 9.92. The van der Waals surface area contributed by atoms with E-state index >= 15 is 0 Å². The third kappa shape index (κ3) is 3.84. The minimum absolute atomic E-state index is 0.0164. The zero-order valence-electron chi connectivity index (χ0n) is 11.2. The van der Waals surface area contributed by atoms with Crippen molar-refractivity contribution in [1.82, 2.24) is 14.9 Å². The molecule has 21 heavy (non-hydrogen) atoms. The van der Waals surface area contributed by atoms with Gasteiger partial charge in [0.05, 0.1) is 6.61 Å². The largest absolute Gasteiger partial charge is 0.392 e. The molecule has 0 saturated heterocycles. The van der Waals surface area contributed by atoms with Gasteiger partial charge in [-0.05, 0) is 17.7 Å². The van der Waals surface area contributed by atoms with Crippen LogP contribution < -0.4 is 4.72 Å². The van der Waals surface area contributed by atoms with E-state index in [1.54, 1.807) is 6.92 Å². The van der Waals surface area contributed by atoms with Gasteiger partial charge in [-0.3, -0.25) is 0 Å². The van der Waals surface area contributed by atoms with Crippen LogP contribution >= 0.6 is 0 Å². The fourth-order valence-electron chi connectivity index (χ4n) is 1.68. The highest BCUT2D eigenvalue weighted by Gasteiger charge is 2.19. The monoisotopic (exact) mass is 315 g/mol. The van der Waals surface area contributed by atoms with E-state index in [1.165, 1.54) is 6.07 Å². The van der Waals surface area contributed by atoms with Gasteiger partial charge in [-0.1, -0.05) is 11.2 Å². The molecule has 1 aromatic heterocycles. The maximum atomic E-state index is 13.7. The van der Waals surface area contributed by atoms with Crippen molar-refractivity contribution in [3.8, 4) is 0 Å². The van der Waals surface area contributed by atoms with E-state index in [1.807, 2.05) is 0 Å². The van der Waals surface area contributed by atoms with Crippen LogP contribution in [0.3, 0.4) is 0 Å². The molecule has 0 aliphatic carbocycles. The lowest BCUT2D eigenvalue weighted by Gasteiger charge is -2.07. The van der Waals surface area contributed by atoms with Crippen molar-refractivity contribution in [2.24, 2.45) is 0 Å². The quantitative estimate of drug-likeness (QED) is 0.805. The zero-order valence-corrected chi connectivity index (χ0v) is 12.0. The minimum atomic E-state index is -3.97. The van der Waals surface area contributed by atoms with Crippen LogP contribution in [0, 0.1) is 12.7 Å². The summed E-state index contributed by atoms with van der Waals surface area (Å²) in [4.78, 5) is 3.46. The number of aromatic nitrogens is 2. The van der Waals surface area contributed by atoms with Crippen LogP contribution in [0.15, 0.2) is 27.6 Å². The molecule has 0 fully saturated rings. The van der Waals surface area contributed by atoms with Crippen LogP contribution in [-0.4, -0.2) is 30.2 Å². The number of halogens is 1. The highest BCUT2D eigenvalue weighted by Crippen LogP contribution is 2.16. The third-order valence-electron chi connectivity index (χ3n) is 2.68. The van der Waals surface area contributed by atoms with Crippen LogP contribution in [0.2, 0.25) is 0 Å². The van der Waals surface area contributed by atoms with Crippen molar-refractivity contribution in [2.45, 2.75) is 24.8 Å². The Balaban J connectivity index is 2.04. The second kappa shape index (κ2) is 6.29. The van der Waals surface area contributed by atoms with Crippen LogP contribution in [0.4, 0.5) is 4.39 Å². The molecule has 0 atom stereocenters. The highest BCUT2D eigenvalue weighted by molar-refractivity contribution is 7.89. The van der Waals surface area contributed by atoms with E-state index in [0.29, 0.717) is 17.3 Å². The molecule has 2 N–H and O–H groups in total. The molecular formula is C12H14FN3O4S. The van der Waals surface area contributed by atoms with Crippen LogP contribution in [-0.2, 0) is 23.1 Å². The van der Waals surface area contributed by atoms with E-state index in [4.69, 9.17) is 9.63 Å². The second-order valence-electron chi connectivity index (χ2n) is 4.30. The summed E-state index contributed by atoms with van der Waals surface area (Å²) < 4.78 is 44.7. The minimum Gasteiger partial charge on any atom is -0.392 e. The lowest BCUT2D eigenvalue weighted by atomic mass is 10.2. The summed E-state index contributed by atoms with van der Waals surface area (Å²) in [5.41, 5.74) is 0.300. The predicted octanol–water partition coefficient (Wildman–Crippen LogP) is 0.530. The van der Waals surface area contributed by atoms with Crippen molar-refractivity contribution in [1.29, 1.82) is 0 Å². The number of rotatable bonds is 6. The van der Waals surface area contributed by atoms with Gasteiger partial charge in [0.1, 0.15) is 10.7 Å². The topological polar surface area (TPSA) is 105 Å². The maximum absolute atomic E-state index is 13.7. The number of aliphatic hydroxyl groups is 1. The molecule has 0 amide bonds. The zero-order chi connectivity index (χ0) is 15.5. The lowest BCUT2D eigenvalue weighted by Crippen LogP contribution is -2.27. The van der Waals surface area contributed by atoms with E-state index in [2.05, 4.69) is 14.9 Å². The Bertz CT molecular complexity index is 730. The molecule has 0 unspecified atom stereocenters. The number of hydrogen-bond acceptors (Lipinski definition) is 6. The Kier molecular flexibility index (Phi) is 4.66. The van der Waals surface area contributed by atoms with Crippen molar-refractivity contribution in [3.63, 3.8) is 0 Å². The van der Waals surface area contributed by atoms with Gasteiger partial charge < -0.3 is 9.63 Å². The van der Waals surface area contributed by atoms with Crippen molar-refractivity contribution >= 4 is 10.0 Å². The molecule has 9 heteroatoms. The molecule has 114 valence electrons. The maximum Gasteiger partial charge on any atom is 0.243 e. The summed E-state index contributed by atoms with van der Waals surface area (Å²) in [6.45, 7) is 1.28. The Morgan fingerprint density at radius 2 is 2.19 bits per heavy atom. The normalized spacial score (nSPS) is 11.8. The first-order valence-corrected chi connectivity index (χ1v) is 7.59. The number of aliphatic hydroxyl groups excluding tert-OH is 1. The molecule has 1 heterocycles. The average molecular weight is 315 g/mol. The SMILES string of the molecule is Cc1nc(CCNS(=O)(=O)c2ccc(CO)cc2F)no1. The molecule has 0 spiro atoms. The van der Waals surface area contributed by atoms with Gasteiger partial charge in [0.2, 0.25) is 15.9 Å². The van der Waals surface area contributed by atoms with Crippen molar-refractivity contribution in [2.75, 3.05) is 6.54 Å². The second-order valence-corrected chi connectivity index (χ2v) is 6.04. The molecule has 2 aromatic rings. The van der Waals surface area contributed by atoms with Gasteiger partial charge in [-0.25, -0.2) is 17.5 Å². The summed E-state index contributed by atoms with van der Waals surface area (Å²) in [5, 5.41) is 12.5.